The van der Waals surface area contributed by atoms with E-state index in [2.05, 4.69) is 15.3 Å². The number of nitrogens with zero attached hydrogens (tertiary/aromatic N) is 4. The summed E-state index contributed by atoms with van der Waals surface area (Å²) in [7, 11) is 1.29. The molecule has 0 radical (unpaired) electrons. The van der Waals surface area contributed by atoms with Crippen molar-refractivity contribution in [1.82, 2.24) is 19.4 Å². The highest BCUT2D eigenvalue weighted by atomic mass is 32.2. The van der Waals surface area contributed by atoms with E-state index in [0.717, 1.165) is 18.4 Å². The molecule has 11 heteroatoms. The van der Waals surface area contributed by atoms with Crippen molar-refractivity contribution < 1.29 is 17.9 Å². The molecule has 1 aromatic carbocycles. The number of hydrogen-bond donors (Lipinski definition) is 1. The molecule has 2 heterocycles. The van der Waals surface area contributed by atoms with Crippen molar-refractivity contribution in [3.63, 3.8) is 0 Å². The molecule has 1 aliphatic carbocycles. The first kappa shape index (κ1) is 26.5. The third kappa shape index (κ3) is 5.69. The number of hydrogen-bond acceptors (Lipinski definition) is 8. The Hall–Kier alpha value is -2.60. The van der Waals surface area contributed by atoms with Crippen LogP contribution < -0.4 is 10.1 Å². The number of fused-ring (bicyclic) bond motifs is 1. The number of benzene rings is 1. The monoisotopic (exact) mass is 531 g/mol. The van der Waals surface area contributed by atoms with E-state index >= 15 is 0 Å². The molecule has 0 spiro atoms. The number of amides is 1. The maximum Gasteiger partial charge on any atom is 0.255 e. The second-order valence-corrected chi connectivity index (χ2v) is 12.0. The first-order chi connectivity index (χ1) is 17.2. The Labute approximate surface area is 216 Å². The van der Waals surface area contributed by atoms with Crippen LogP contribution in [0.15, 0.2) is 41.3 Å². The number of hydrazine groups is 1. The predicted octanol–water partition coefficient (Wildman–Crippen LogP) is 4.49. The lowest BCUT2D eigenvalue weighted by atomic mass is 9.87. The molecule has 1 N–H and O–H groups in total. The van der Waals surface area contributed by atoms with Gasteiger partial charge in [0.25, 0.3) is 10.0 Å². The number of carbonyl (C=O) groups is 1. The van der Waals surface area contributed by atoms with E-state index < -0.39 is 15.9 Å². The third-order valence-electron chi connectivity index (χ3n) is 6.60. The van der Waals surface area contributed by atoms with Crippen LogP contribution in [0.3, 0.4) is 0 Å². The number of anilines is 1. The molecule has 0 saturated heterocycles. The fourth-order valence-corrected chi connectivity index (χ4v) is 7.12. The summed E-state index contributed by atoms with van der Waals surface area (Å²) in [5.74, 6) is 0.409. The molecule has 1 unspecified atom stereocenters. The zero-order valence-electron chi connectivity index (χ0n) is 21.1. The number of rotatable bonds is 10. The quantitative estimate of drug-likeness (QED) is 0.384. The van der Waals surface area contributed by atoms with Crippen LogP contribution in [0.2, 0.25) is 0 Å². The SMILES string of the molecule is CCN(N(C)C)S(=O)(=O)c1ccc(C(CC2CCCC2)C(=O)Nc2nc3ccc(OC)nc3s2)cc1. The minimum atomic E-state index is -3.67. The van der Waals surface area contributed by atoms with Crippen LogP contribution >= 0.6 is 11.3 Å². The summed E-state index contributed by atoms with van der Waals surface area (Å²) in [5.41, 5.74) is 1.49. The average molecular weight is 532 g/mol. The van der Waals surface area contributed by atoms with Crippen LogP contribution in [0.25, 0.3) is 10.3 Å². The van der Waals surface area contributed by atoms with Gasteiger partial charge in [0.15, 0.2) is 5.13 Å². The fraction of sp³-hybridized carbons (Fsp3) is 0.480. The molecule has 9 nitrogen and oxygen atoms in total. The second kappa shape index (κ2) is 11.2. The molecular formula is C25H33N5O4S2. The lowest BCUT2D eigenvalue weighted by molar-refractivity contribution is -0.118. The first-order valence-corrected chi connectivity index (χ1v) is 14.4. The minimum absolute atomic E-state index is 0.146. The van der Waals surface area contributed by atoms with Crippen LogP contribution in [0.4, 0.5) is 5.13 Å². The van der Waals surface area contributed by atoms with E-state index in [9.17, 15) is 13.2 Å². The van der Waals surface area contributed by atoms with Crippen LogP contribution in [0.1, 0.15) is 50.5 Å². The van der Waals surface area contributed by atoms with Crippen molar-refractivity contribution >= 4 is 42.7 Å². The largest absolute Gasteiger partial charge is 0.481 e. The molecule has 2 aromatic heterocycles. The number of aromatic nitrogens is 2. The Bertz CT molecular complexity index is 1300. The number of sulfonamides is 1. The normalized spacial score (nSPS) is 15.6. The molecular weight excluding hydrogens is 498 g/mol. The Morgan fingerprint density at radius 3 is 2.44 bits per heavy atom. The standard InChI is InChI=1S/C25H33N5O4S2/c1-5-30(29(2)3)36(32,33)19-12-10-18(11-13-19)20(16-17-8-6-7-9-17)23(31)28-25-26-21-14-15-22(34-4)27-24(21)35-25/h10-15,17,20H,5-9,16H2,1-4H3,(H,26,28,31). The molecule has 1 atom stereocenters. The minimum Gasteiger partial charge on any atom is -0.481 e. The van der Waals surface area contributed by atoms with Crippen molar-refractivity contribution in [1.29, 1.82) is 0 Å². The molecule has 0 aliphatic heterocycles. The summed E-state index contributed by atoms with van der Waals surface area (Å²) in [6.07, 6.45) is 5.29. The van der Waals surface area contributed by atoms with Gasteiger partial charge in [0.1, 0.15) is 10.3 Å². The van der Waals surface area contributed by atoms with E-state index in [0.29, 0.717) is 40.2 Å². The van der Waals surface area contributed by atoms with Crippen LogP contribution in [0.5, 0.6) is 5.88 Å². The van der Waals surface area contributed by atoms with Crippen LogP contribution in [0, 0.1) is 5.92 Å². The number of pyridine rings is 1. The summed E-state index contributed by atoms with van der Waals surface area (Å²) in [5, 5.41) is 5.02. The molecule has 0 bridgehead atoms. The lowest BCUT2D eigenvalue weighted by Gasteiger charge is -2.27. The molecule has 194 valence electrons. The van der Waals surface area contributed by atoms with Crippen LogP contribution in [-0.2, 0) is 14.8 Å². The number of carbonyl (C=O) groups excluding carboxylic acids is 1. The summed E-state index contributed by atoms with van der Waals surface area (Å²) < 4.78 is 32.6. The highest BCUT2D eigenvalue weighted by Crippen LogP contribution is 2.36. The van der Waals surface area contributed by atoms with Gasteiger partial charge in [-0.05, 0) is 43.0 Å². The molecule has 1 aliphatic rings. The van der Waals surface area contributed by atoms with Gasteiger partial charge in [-0.2, -0.15) is 0 Å². The number of methoxy groups -OCH3 is 1. The summed E-state index contributed by atoms with van der Waals surface area (Å²) in [4.78, 5) is 23.3. The highest BCUT2D eigenvalue weighted by molar-refractivity contribution is 7.89. The second-order valence-electron chi connectivity index (χ2n) is 9.18. The van der Waals surface area contributed by atoms with Crippen molar-refractivity contribution in [2.75, 3.05) is 33.1 Å². The molecule has 1 fully saturated rings. The van der Waals surface area contributed by atoms with Gasteiger partial charge in [0.05, 0.1) is 17.9 Å². The van der Waals surface area contributed by atoms with E-state index in [1.54, 1.807) is 63.5 Å². The topological polar surface area (TPSA) is 105 Å². The van der Waals surface area contributed by atoms with Crippen LogP contribution in [-0.4, -0.2) is 61.5 Å². The average Bonchev–Trinajstić information content (AvgIpc) is 3.51. The van der Waals surface area contributed by atoms with E-state index in [-0.39, 0.29) is 10.8 Å². The summed E-state index contributed by atoms with van der Waals surface area (Å²) in [6.45, 7) is 2.12. The van der Waals surface area contributed by atoms with E-state index in [4.69, 9.17) is 4.74 Å². The molecule has 4 rings (SSSR count). The van der Waals surface area contributed by atoms with E-state index in [1.807, 2.05) is 6.07 Å². The predicted molar refractivity (Wildman–Crippen MR) is 142 cm³/mol. The Balaban J connectivity index is 1.59. The molecule has 1 amide bonds. The maximum atomic E-state index is 13.5. The number of thiazole rings is 1. The Morgan fingerprint density at radius 1 is 1.14 bits per heavy atom. The van der Waals surface area contributed by atoms with Crippen molar-refractivity contribution in [2.45, 2.75) is 49.8 Å². The van der Waals surface area contributed by atoms with Gasteiger partial charge in [0.2, 0.25) is 11.8 Å². The number of nitrogens with one attached hydrogen (secondary N) is 1. The van der Waals surface area contributed by atoms with Crippen molar-refractivity contribution in [3.8, 4) is 5.88 Å². The maximum absolute atomic E-state index is 13.5. The lowest BCUT2D eigenvalue weighted by Crippen LogP contribution is -2.41. The van der Waals surface area contributed by atoms with Gasteiger partial charge < -0.3 is 10.1 Å². The zero-order chi connectivity index (χ0) is 25.9. The van der Waals surface area contributed by atoms with Gasteiger partial charge in [-0.25, -0.2) is 23.4 Å². The van der Waals surface area contributed by atoms with E-state index in [1.165, 1.54) is 28.6 Å². The van der Waals surface area contributed by atoms with Gasteiger partial charge in [-0.15, -0.1) is 4.41 Å². The molecule has 36 heavy (non-hydrogen) atoms. The molecule has 3 aromatic rings. The highest BCUT2D eigenvalue weighted by Gasteiger charge is 2.29. The molecule has 1 saturated carbocycles. The van der Waals surface area contributed by atoms with Gasteiger partial charge >= 0.3 is 0 Å². The third-order valence-corrected chi connectivity index (χ3v) is 9.49. The summed E-state index contributed by atoms with van der Waals surface area (Å²) >= 11 is 1.30. The fourth-order valence-electron chi connectivity index (χ4n) is 4.80. The number of ether oxygens (including phenoxy) is 1. The van der Waals surface area contributed by atoms with Crippen molar-refractivity contribution in [2.24, 2.45) is 5.92 Å². The Morgan fingerprint density at radius 2 is 1.83 bits per heavy atom. The Kier molecular flexibility index (Phi) is 8.23. The van der Waals surface area contributed by atoms with Crippen molar-refractivity contribution in [3.05, 3.63) is 42.0 Å². The summed E-state index contributed by atoms with van der Waals surface area (Å²) in [6, 6.07) is 10.3. The van der Waals surface area contributed by atoms with Gasteiger partial charge in [0, 0.05) is 26.7 Å². The van der Waals surface area contributed by atoms with Gasteiger partial charge in [-0.1, -0.05) is 49.2 Å². The van der Waals surface area contributed by atoms with Gasteiger partial charge in [-0.3, -0.25) is 4.79 Å². The zero-order valence-corrected chi connectivity index (χ0v) is 22.7. The smallest absolute Gasteiger partial charge is 0.255 e. The first-order valence-electron chi connectivity index (χ1n) is 12.1.